The number of amides is 1. The molecule has 1 aliphatic heterocycles. The zero-order chi connectivity index (χ0) is 14.1. The molecule has 1 amide bonds. The normalized spacial score (nSPS) is 16.8. The zero-order valence-corrected chi connectivity index (χ0v) is 11.4. The van der Waals surface area contributed by atoms with E-state index in [9.17, 15) is 9.18 Å². The number of halogens is 1. The van der Waals surface area contributed by atoms with E-state index in [0.717, 1.165) is 26.2 Å². The summed E-state index contributed by atoms with van der Waals surface area (Å²) >= 11 is 0. The summed E-state index contributed by atoms with van der Waals surface area (Å²) in [4.78, 5) is 20.6. The van der Waals surface area contributed by atoms with Crippen LogP contribution in [0.5, 0.6) is 0 Å². The lowest BCUT2D eigenvalue weighted by atomic mass is 10.2. The molecule has 0 unspecified atom stereocenters. The molecular weight excluding hydrogens is 259 g/mol. The summed E-state index contributed by atoms with van der Waals surface area (Å²) in [6.07, 6.45) is 3.35. The maximum absolute atomic E-state index is 13.1. The number of carbonyl (C=O) groups is 1. The van der Waals surface area contributed by atoms with E-state index in [1.54, 1.807) is 16.7 Å². The number of imidazole rings is 1. The molecule has 5 nitrogen and oxygen atoms in total. The van der Waals surface area contributed by atoms with Gasteiger partial charge in [0, 0.05) is 38.6 Å². The van der Waals surface area contributed by atoms with E-state index >= 15 is 0 Å². The van der Waals surface area contributed by atoms with Gasteiger partial charge >= 0.3 is 0 Å². The van der Waals surface area contributed by atoms with Gasteiger partial charge in [-0.3, -0.25) is 4.79 Å². The zero-order valence-electron chi connectivity index (χ0n) is 11.4. The number of pyridine rings is 1. The van der Waals surface area contributed by atoms with Crippen molar-refractivity contribution >= 4 is 11.6 Å². The van der Waals surface area contributed by atoms with E-state index in [1.807, 2.05) is 4.90 Å². The van der Waals surface area contributed by atoms with Crippen molar-refractivity contribution in [3.63, 3.8) is 0 Å². The number of aromatic nitrogens is 2. The SMILES string of the molecule is CN1CCN(C(=O)Cc2cn3cc(F)ccc3n2)CC1. The van der Waals surface area contributed by atoms with Gasteiger partial charge in [-0.15, -0.1) is 0 Å². The fourth-order valence-electron chi connectivity index (χ4n) is 2.42. The second-order valence-electron chi connectivity index (χ2n) is 5.21. The number of carbonyl (C=O) groups excluding carboxylic acids is 1. The van der Waals surface area contributed by atoms with Crippen LogP contribution in [0.15, 0.2) is 24.5 Å². The van der Waals surface area contributed by atoms with Crippen molar-refractivity contribution in [1.82, 2.24) is 19.2 Å². The molecule has 0 bridgehead atoms. The van der Waals surface area contributed by atoms with Crippen LogP contribution in [0.25, 0.3) is 5.65 Å². The number of piperazine rings is 1. The lowest BCUT2D eigenvalue weighted by Gasteiger charge is -2.32. The Hall–Kier alpha value is -1.95. The number of nitrogens with zero attached hydrogens (tertiary/aromatic N) is 4. The first-order valence-corrected chi connectivity index (χ1v) is 6.71. The van der Waals surface area contributed by atoms with Crippen LogP contribution in [0.4, 0.5) is 4.39 Å². The highest BCUT2D eigenvalue weighted by molar-refractivity contribution is 5.78. The van der Waals surface area contributed by atoms with Crippen LogP contribution in [0, 0.1) is 5.82 Å². The number of likely N-dealkylation sites (N-methyl/N-ethyl adjacent to an activating group) is 1. The highest BCUT2D eigenvalue weighted by Gasteiger charge is 2.20. The highest BCUT2D eigenvalue weighted by Crippen LogP contribution is 2.09. The Morgan fingerprint density at radius 3 is 2.75 bits per heavy atom. The summed E-state index contributed by atoms with van der Waals surface area (Å²) < 4.78 is 14.7. The van der Waals surface area contributed by atoms with E-state index < -0.39 is 0 Å². The molecule has 20 heavy (non-hydrogen) atoms. The van der Waals surface area contributed by atoms with Gasteiger partial charge in [0.05, 0.1) is 12.1 Å². The molecule has 6 heteroatoms. The van der Waals surface area contributed by atoms with Crippen LogP contribution in [-0.2, 0) is 11.2 Å². The van der Waals surface area contributed by atoms with Gasteiger partial charge in [0.15, 0.2) is 0 Å². The molecule has 0 atom stereocenters. The van der Waals surface area contributed by atoms with Crippen LogP contribution >= 0.6 is 0 Å². The number of rotatable bonds is 2. The quantitative estimate of drug-likeness (QED) is 0.814. The fourth-order valence-corrected chi connectivity index (χ4v) is 2.42. The van der Waals surface area contributed by atoms with E-state index in [2.05, 4.69) is 16.9 Å². The number of fused-ring (bicyclic) bond motifs is 1. The molecule has 0 radical (unpaired) electrons. The van der Waals surface area contributed by atoms with Crippen LogP contribution in [0.1, 0.15) is 5.69 Å². The van der Waals surface area contributed by atoms with E-state index in [4.69, 9.17) is 0 Å². The molecule has 0 N–H and O–H groups in total. The second kappa shape index (κ2) is 5.20. The summed E-state index contributed by atoms with van der Waals surface area (Å²) in [6, 6.07) is 2.98. The number of hydrogen-bond acceptors (Lipinski definition) is 3. The summed E-state index contributed by atoms with van der Waals surface area (Å²) in [6.45, 7) is 3.33. The average Bonchev–Trinajstić information content (AvgIpc) is 2.80. The predicted molar refractivity (Wildman–Crippen MR) is 72.9 cm³/mol. The Labute approximate surface area is 116 Å². The smallest absolute Gasteiger partial charge is 0.228 e. The lowest BCUT2D eigenvalue weighted by Crippen LogP contribution is -2.47. The molecule has 0 spiro atoms. The van der Waals surface area contributed by atoms with Gasteiger partial charge in [-0.05, 0) is 19.2 Å². The maximum atomic E-state index is 13.1. The third-order valence-electron chi connectivity index (χ3n) is 3.65. The molecule has 0 aliphatic carbocycles. The molecule has 3 heterocycles. The van der Waals surface area contributed by atoms with Gasteiger partial charge in [-0.2, -0.15) is 0 Å². The van der Waals surface area contributed by atoms with Gasteiger partial charge in [0.25, 0.3) is 0 Å². The van der Waals surface area contributed by atoms with Crippen molar-refractivity contribution in [3.05, 3.63) is 36.0 Å². The van der Waals surface area contributed by atoms with Gasteiger partial charge < -0.3 is 14.2 Å². The summed E-state index contributed by atoms with van der Waals surface area (Å²) in [5.74, 6) is -0.228. The molecule has 0 aromatic carbocycles. The molecule has 106 valence electrons. The molecule has 2 aromatic rings. The minimum atomic E-state index is -0.313. The summed E-state index contributed by atoms with van der Waals surface area (Å²) in [5, 5.41) is 0. The Morgan fingerprint density at radius 2 is 2.00 bits per heavy atom. The second-order valence-corrected chi connectivity index (χ2v) is 5.21. The van der Waals surface area contributed by atoms with Crippen molar-refractivity contribution in [1.29, 1.82) is 0 Å². The molecule has 1 fully saturated rings. The van der Waals surface area contributed by atoms with E-state index in [0.29, 0.717) is 11.3 Å². The standard InChI is InChI=1S/C14H17FN4O/c1-17-4-6-18(7-5-17)14(20)8-12-10-19-9-11(15)2-3-13(19)16-12/h2-3,9-10H,4-8H2,1H3. The minimum absolute atomic E-state index is 0.0852. The van der Waals surface area contributed by atoms with Crippen molar-refractivity contribution in [2.75, 3.05) is 33.2 Å². The first-order valence-electron chi connectivity index (χ1n) is 6.71. The molecule has 0 saturated carbocycles. The van der Waals surface area contributed by atoms with Crippen molar-refractivity contribution in [2.24, 2.45) is 0 Å². The average molecular weight is 276 g/mol. The van der Waals surface area contributed by atoms with Crippen molar-refractivity contribution in [3.8, 4) is 0 Å². The third-order valence-corrected chi connectivity index (χ3v) is 3.65. The molecular formula is C14H17FN4O. The van der Waals surface area contributed by atoms with Gasteiger partial charge in [0.1, 0.15) is 11.5 Å². The van der Waals surface area contributed by atoms with Crippen LogP contribution < -0.4 is 0 Å². The summed E-state index contributed by atoms with van der Waals surface area (Å²) in [7, 11) is 2.05. The van der Waals surface area contributed by atoms with Gasteiger partial charge in [0.2, 0.25) is 5.91 Å². The minimum Gasteiger partial charge on any atom is -0.340 e. The Kier molecular flexibility index (Phi) is 3.40. The lowest BCUT2D eigenvalue weighted by molar-refractivity contribution is -0.132. The summed E-state index contributed by atoms with van der Waals surface area (Å²) in [5.41, 5.74) is 1.34. The van der Waals surface area contributed by atoms with Crippen LogP contribution in [0.2, 0.25) is 0 Å². The van der Waals surface area contributed by atoms with E-state index in [-0.39, 0.29) is 18.1 Å². The molecule has 1 saturated heterocycles. The van der Waals surface area contributed by atoms with Crippen LogP contribution in [0.3, 0.4) is 0 Å². The Bertz CT molecular complexity index is 631. The number of hydrogen-bond donors (Lipinski definition) is 0. The van der Waals surface area contributed by atoms with Crippen molar-refractivity contribution < 1.29 is 9.18 Å². The third kappa shape index (κ3) is 2.65. The first kappa shape index (κ1) is 13.1. The largest absolute Gasteiger partial charge is 0.340 e. The molecule has 1 aliphatic rings. The first-order chi connectivity index (χ1) is 9.61. The topological polar surface area (TPSA) is 40.9 Å². The van der Waals surface area contributed by atoms with Crippen LogP contribution in [-0.4, -0.2) is 58.3 Å². The van der Waals surface area contributed by atoms with Crippen molar-refractivity contribution in [2.45, 2.75) is 6.42 Å². The van der Waals surface area contributed by atoms with Gasteiger partial charge in [-0.25, -0.2) is 9.37 Å². The molecule has 3 rings (SSSR count). The van der Waals surface area contributed by atoms with Gasteiger partial charge in [-0.1, -0.05) is 0 Å². The maximum Gasteiger partial charge on any atom is 0.228 e. The van der Waals surface area contributed by atoms with E-state index in [1.165, 1.54) is 12.3 Å². The highest BCUT2D eigenvalue weighted by atomic mass is 19.1. The predicted octanol–water partition coefficient (Wildman–Crippen LogP) is 0.790. The monoisotopic (exact) mass is 276 g/mol. The molecule has 2 aromatic heterocycles. The Balaban J connectivity index is 1.71. The Morgan fingerprint density at radius 1 is 1.25 bits per heavy atom. The fraction of sp³-hybridized carbons (Fsp3) is 0.429.